The number of phenolic OH excluding ortho intramolecular Hbond substituents is 2. The first-order valence-corrected chi connectivity index (χ1v) is 19.2. The number of carbonyl (C=O) groups is 6. The molecule has 2 saturated heterocycles. The van der Waals surface area contributed by atoms with Crippen molar-refractivity contribution in [2.45, 2.75) is 65.0 Å². The van der Waals surface area contributed by atoms with Gasteiger partial charge in [-0.3, -0.25) is 38.8 Å². The molecule has 0 radical (unpaired) electrons. The number of imide groups is 1. The second kappa shape index (κ2) is 16.0. The lowest BCUT2D eigenvalue weighted by Gasteiger charge is -2.34. The molecule has 0 aliphatic carbocycles. The van der Waals surface area contributed by atoms with Gasteiger partial charge in [0.05, 0.1) is 11.3 Å². The number of nitrogens with zero attached hydrogens (tertiary/aromatic N) is 6. The third-order valence-corrected chi connectivity index (χ3v) is 11.0. The second-order valence-electron chi connectivity index (χ2n) is 15.0. The van der Waals surface area contributed by atoms with Crippen LogP contribution >= 0.6 is 0 Å². The molecule has 4 aromatic rings. The van der Waals surface area contributed by atoms with Gasteiger partial charge in [-0.1, -0.05) is 19.9 Å². The molecule has 3 aromatic carbocycles. The molecule has 0 spiro atoms. The lowest BCUT2D eigenvalue weighted by Crippen LogP contribution is -2.52. The molecule has 17 heteroatoms. The number of fused-ring (bicyclic) bond motifs is 1. The molecule has 5 N–H and O–H groups in total. The summed E-state index contributed by atoms with van der Waals surface area (Å²) in [6.07, 6.45) is 0.162. The molecule has 1 unspecified atom stereocenters. The fourth-order valence-corrected chi connectivity index (χ4v) is 7.94. The number of anilines is 1. The Balaban J connectivity index is 1.05. The highest BCUT2D eigenvalue weighted by molar-refractivity contribution is 6.06. The first kappa shape index (κ1) is 39.5. The summed E-state index contributed by atoms with van der Waals surface area (Å²) in [6.45, 7) is 6.82. The van der Waals surface area contributed by atoms with Crippen molar-refractivity contribution in [3.05, 3.63) is 82.7 Å². The number of hydrogen-bond acceptors (Lipinski definition) is 10. The van der Waals surface area contributed by atoms with Crippen LogP contribution in [0.25, 0.3) is 17.1 Å². The predicted octanol–water partition coefficient (Wildman–Crippen LogP) is 4.02. The van der Waals surface area contributed by atoms with Crippen molar-refractivity contribution in [1.29, 1.82) is 0 Å². The van der Waals surface area contributed by atoms with Gasteiger partial charge in [-0.25, -0.2) is 4.79 Å². The zero-order chi connectivity index (χ0) is 41.4. The molecule has 4 heterocycles. The number of aromatic hydroxyl groups is 2. The number of phenols is 2. The van der Waals surface area contributed by atoms with Crippen LogP contribution in [0.15, 0.2) is 54.6 Å². The topological polar surface area (TPSA) is 228 Å². The number of likely N-dealkylation sites (tertiary alicyclic amines) is 1. The Morgan fingerprint density at radius 2 is 1.67 bits per heavy atom. The maximum absolute atomic E-state index is 13.7. The fourth-order valence-electron chi connectivity index (χ4n) is 7.94. The molecular formula is C41H44N8O9. The molecule has 6 amide bonds. The normalized spacial score (nSPS) is 17.0. The van der Waals surface area contributed by atoms with E-state index in [1.807, 2.05) is 13.8 Å². The molecule has 2 fully saturated rings. The van der Waals surface area contributed by atoms with Gasteiger partial charge in [0.1, 0.15) is 17.5 Å². The summed E-state index contributed by atoms with van der Waals surface area (Å²) < 4.78 is 1.49. The first-order valence-electron chi connectivity index (χ1n) is 19.2. The van der Waals surface area contributed by atoms with Gasteiger partial charge < -0.3 is 30.4 Å². The van der Waals surface area contributed by atoms with Crippen molar-refractivity contribution in [2.75, 3.05) is 31.1 Å². The van der Waals surface area contributed by atoms with E-state index < -0.39 is 35.8 Å². The summed E-state index contributed by atoms with van der Waals surface area (Å²) in [7, 11) is 0. The number of hydrogen-bond donors (Lipinski definition) is 5. The molecule has 302 valence electrons. The van der Waals surface area contributed by atoms with Crippen LogP contribution in [0.3, 0.4) is 0 Å². The van der Waals surface area contributed by atoms with Crippen LogP contribution in [-0.2, 0) is 16.1 Å². The molecule has 7 rings (SSSR count). The number of piperidine rings is 2. The minimum atomic E-state index is -1.19. The maximum Gasteiger partial charge on any atom is 0.411 e. The number of nitrogens with one attached hydrogen (secondary N) is 2. The van der Waals surface area contributed by atoms with Gasteiger partial charge in [0, 0.05) is 67.6 Å². The highest BCUT2D eigenvalue weighted by atomic mass is 16.4. The number of benzene rings is 3. The minimum Gasteiger partial charge on any atom is -0.508 e. The molecule has 17 nitrogen and oxygen atoms in total. The Morgan fingerprint density at radius 3 is 2.33 bits per heavy atom. The van der Waals surface area contributed by atoms with E-state index in [4.69, 9.17) is 0 Å². The number of aromatic nitrogens is 3. The van der Waals surface area contributed by atoms with Crippen molar-refractivity contribution < 1.29 is 44.1 Å². The Hall–Kier alpha value is -6.78. The first-order chi connectivity index (χ1) is 27.8. The third-order valence-electron chi connectivity index (χ3n) is 11.0. The van der Waals surface area contributed by atoms with Crippen molar-refractivity contribution in [3.63, 3.8) is 0 Å². The van der Waals surface area contributed by atoms with Gasteiger partial charge in [-0.15, -0.1) is 10.2 Å². The highest BCUT2D eigenvalue weighted by Crippen LogP contribution is 2.39. The van der Waals surface area contributed by atoms with Crippen LogP contribution < -0.4 is 15.5 Å². The number of carboxylic acid groups (broad SMARTS) is 1. The van der Waals surface area contributed by atoms with Crippen LogP contribution in [0.4, 0.5) is 10.5 Å². The number of amides is 6. The van der Waals surface area contributed by atoms with E-state index in [0.717, 1.165) is 0 Å². The Kier molecular flexibility index (Phi) is 10.9. The molecule has 58 heavy (non-hydrogen) atoms. The van der Waals surface area contributed by atoms with Crippen molar-refractivity contribution in [1.82, 2.24) is 35.2 Å². The van der Waals surface area contributed by atoms with Crippen molar-refractivity contribution in [2.24, 2.45) is 5.92 Å². The van der Waals surface area contributed by atoms with E-state index in [1.54, 1.807) is 60.4 Å². The Bertz CT molecular complexity index is 2310. The van der Waals surface area contributed by atoms with E-state index in [-0.39, 0.29) is 72.4 Å². The van der Waals surface area contributed by atoms with Gasteiger partial charge >= 0.3 is 6.09 Å². The van der Waals surface area contributed by atoms with Gasteiger partial charge in [0.15, 0.2) is 5.82 Å². The van der Waals surface area contributed by atoms with Crippen LogP contribution in [-0.4, -0.2) is 108 Å². The van der Waals surface area contributed by atoms with E-state index in [9.17, 15) is 44.1 Å². The SMILES string of the molecule is CCNC(=O)c1nnc(-c2cc(C(C)C)c(O)cc2O)n1-c1ccc(C(=O)N2CCC(CN(C(=O)O)c3cccc4c3CN(C3CCC(=O)NC3=O)C4=O)CC2)cc1. The molecule has 0 saturated carbocycles. The van der Waals surface area contributed by atoms with E-state index >= 15 is 0 Å². The van der Waals surface area contributed by atoms with Crippen LogP contribution in [0.2, 0.25) is 0 Å². The molecule has 1 aromatic heterocycles. The fraction of sp³-hybridized carbons (Fsp3) is 0.366. The molecular weight excluding hydrogens is 748 g/mol. The quantitative estimate of drug-likeness (QED) is 0.144. The molecule has 3 aliphatic rings. The van der Waals surface area contributed by atoms with Crippen LogP contribution in [0.5, 0.6) is 11.5 Å². The van der Waals surface area contributed by atoms with Gasteiger partial charge in [0.25, 0.3) is 17.7 Å². The maximum atomic E-state index is 13.7. The standard InChI is InChI=1S/C41H44N8O9/c1-4-42-38(54)36-45-44-35(28-18-27(22(2)3)32(50)19-33(28)51)49(36)25-10-8-24(9-11-25)39(55)46-16-14-23(15-17-46)20-48(41(57)58)30-7-5-6-26-29(30)21-47(40(26)56)31-12-13-34(52)43-37(31)53/h5-11,18-19,22-23,31,50-51H,4,12-17,20-21H2,1-3H3,(H,42,54)(H,57,58)(H,43,52,53). The summed E-state index contributed by atoms with van der Waals surface area (Å²) in [5.41, 5.74) is 2.86. The second-order valence-corrected chi connectivity index (χ2v) is 15.0. The summed E-state index contributed by atoms with van der Waals surface area (Å²) in [6, 6.07) is 13.5. The van der Waals surface area contributed by atoms with E-state index in [1.165, 1.54) is 20.4 Å². The zero-order valence-electron chi connectivity index (χ0n) is 32.3. The average molecular weight is 793 g/mol. The monoisotopic (exact) mass is 792 g/mol. The molecule has 0 bridgehead atoms. The zero-order valence-corrected chi connectivity index (χ0v) is 32.3. The van der Waals surface area contributed by atoms with Crippen molar-refractivity contribution >= 4 is 41.3 Å². The smallest absolute Gasteiger partial charge is 0.411 e. The van der Waals surface area contributed by atoms with Crippen molar-refractivity contribution in [3.8, 4) is 28.6 Å². The van der Waals surface area contributed by atoms with Crippen LogP contribution in [0.1, 0.15) is 94.8 Å². The summed E-state index contributed by atoms with van der Waals surface area (Å²) in [5, 5.41) is 45.0. The largest absolute Gasteiger partial charge is 0.508 e. The van der Waals surface area contributed by atoms with E-state index in [2.05, 4.69) is 20.8 Å². The summed E-state index contributed by atoms with van der Waals surface area (Å²) in [4.78, 5) is 81.4. The Labute approximate surface area is 333 Å². The average Bonchev–Trinajstić information content (AvgIpc) is 3.78. The van der Waals surface area contributed by atoms with Gasteiger partial charge in [-0.2, -0.15) is 0 Å². The summed E-state index contributed by atoms with van der Waals surface area (Å²) in [5.74, 6) is -2.42. The number of rotatable bonds is 10. The van der Waals surface area contributed by atoms with E-state index in [0.29, 0.717) is 66.1 Å². The summed E-state index contributed by atoms with van der Waals surface area (Å²) >= 11 is 0. The molecule has 1 atom stereocenters. The lowest BCUT2D eigenvalue weighted by molar-refractivity contribution is -0.136. The van der Waals surface area contributed by atoms with Gasteiger partial charge in [0.2, 0.25) is 17.6 Å². The Morgan fingerprint density at radius 1 is 0.948 bits per heavy atom. The van der Waals surface area contributed by atoms with Crippen LogP contribution in [0, 0.1) is 5.92 Å². The number of carbonyl (C=O) groups excluding carboxylic acids is 5. The lowest BCUT2D eigenvalue weighted by atomic mass is 9.95. The highest BCUT2D eigenvalue weighted by Gasteiger charge is 2.41. The molecule has 3 aliphatic heterocycles. The minimum absolute atomic E-state index is 0.0364. The predicted molar refractivity (Wildman–Crippen MR) is 209 cm³/mol. The van der Waals surface area contributed by atoms with Gasteiger partial charge in [-0.05, 0) is 86.1 Å². The third kappa shape index (κ3) is 7.42.